The average molecular weight is 440 g/mol. The quantitative estimate of drug-likeness (QED) is 0.420. The van der Waals surface area contributed by atoms with Gasteiger partial charge < -0.3 is 5.32 Å². The van der Waals surface area contributed by atoms with Gasteiger partial charge in [-0.05, 0) is 65.3 Å². The Balaban J connectivity index is 1.44. The molecule has 0 aliphatic heterocycles. The molecule has 0 fully saturated rings. The van der Waals surface area contributed by atoms with Gasteiger partial charge in [-0.2, -0.15) is 0 Å². The minimum atomic E-state index is -0.231. The van der Waals surface area contributed by atoms with Gasteiger partial charge >= 0.3 is 0 Å². The Hall–Kier alpha value is -3.60. The van der Waals surface area contributed by atoms with Crippen LogP contribution in [0.4, 0.5) is 10.2 Å². The van der Waals surface area contributed by atoms with Crippen LogP contribution in [0.1, 0.15) is 36.4 Å². The molecule has 1 aliphatic rings. The van der Waals surface area contributed by atoms with E-state index in [0.29, 0.717) is 31.0 Å². The van der Waals surface area contributed by atoms with Crippen molar-refractivity contribution in [3.63, 3.8) is 0 Å². The van der Waals surface area contributed by atoms with E-state index in [1.54, 1.807) is 12.1 Å². The van der Waals surface area contributed by atoms with Crippen molar-refractivity contribution in [3.8, 4) is 11.3 Å². The van der Waals surface area contributed by atoms with E-state index in [1.807, 2.05) is 24.3 Å². The van der Waals surface area contributed by atoms with Gasteiger partial charge in [0.2, 0.25) is 5.91 Å². The van der Waals surface area contributed by atoms with Gasteiger partial charge in [0.05, 0.1) is 23.5 Å². The average Bonchev–Trinajstić information content (AvgIpc) is 2.79. The van der Waals surface area contributed by atoms with Crippen LogP contribution < -0.4 is 5.32 Å². The second-order valence-electron chi connectivity index (χ2n) is 9.12. The summed E-state index contributed by atoms with van der Waals surface area (Å²) in [7, 11) is 0. The Morgan fingerprint density at radius 3 is 2.64 bits per heavy atom. The molecule has 0 bridgehead atoms. The molecule has 4 nitrogen and oxygen atoms in total. The zero-order chi connectivity index (χ0) is 22.9. The minimum absolute atomic E-state index is 0.109. The molecule has 33 heavy (non-hydrogen) atoms. The van der Waals surface area contributed by atoms with E-state index in [4.69, 9.17) is 9.97 Å². The van der Waals surface area contributed by atoms with Crippen molar-refractivity contribution in [2.24, 2.45) is 5.92 Å². The van der Waals surface area contributed by atoms with E-state index in [0.717, 1.165) is 44.5 Å². The zero-order valence-electron chi connectivity index (χ0n) is 18.9. The third-order valence-corrected chi connectivity index (χ3v) is 6.03. The highest BCUT2D eigenvalue weighted by Gasteiger charge is 2.23. The number of aromatic nitrogens is 2. The monoisotopic (exact) mass is 439 g/mol. The highest BCUT2D eigenvalue weighted by Crippen LogP contribution is 2.33. The number of carbonyl (C=O) groups excluding carboxylic acids is 1. The van der Waals surface area contributed by atoms with Gasteiger partial charge in [-0.25, -0.2) is 14.4 Å². The van der Waals surface area contributed by atoms with Crippen LogP contribution >= 0.6 is 0 Å². The Morgan fingerprint density at radius 1 is 1.00 bits per heavy atom. The van der Waals surface area contributed by atoms with Crippen LogP contribution in [0.2, 0.25) is 0 Å². The number of benzene rings is 3. The molecular weight excluding hydrogens is 413 g/mol. The maximum absolute atomic E-state index is 13.7. The highest BCUT2D eigenvalue weighted by molar-refractivity contribution is 5.93. The Labute approximate surface area is 192 Å². The summed E-state index contributed by atoms with van der Waals surface area (Å²) < 4.78 is 13.7. The number of nitrogens with one attached hydrogen (secondary N) is 1. The van der Waals surface area contributed by atoms with Crippen LogP contribution in [0, 0.1) is 11.7 Å². The van der Waals surface area contributed by atoms with Gasteiger partial charge in [0.25, 0.3) is 0 Å². The number of halogens is 1. The van der Waals surface area contributed by atoms with Gasteiger partial charge in [0.15, 0.2) is 5.82 Å². The van der Waals surface area contributed by atoms with E-state index >= 15 is 0 Å². The second-order valence-corrected chi connectivity index (χ2v) is 9.12. The highest BCUT2D eigenvalue weighted by atomic mass is 19.1. The molecule has 5 heteroatoms. The summed E-state index contributed by atoms with van der Waals surface area (Å²) >= 11 is 0. The summed E-state index contributed by atoms with van der Waals surface area (Å²) in [5, 5.41) is 5.29. The predicted molar refractivity (Wildman–Crippen MR) is 130 cm³/mol. The number of carbonyl (C=O) groups is 1. The first-order valence-corrected chi connectivity index (χ1v) is 11.4. The smallest absolute Gasteiger partial charge is 0.229 e. The Bertz CT molecular complexity index is 1360. The molecule has 3 aromatic carbocycles. The van der Waals surface area contributed by atoms with Crippen molar-refractivity contribution in [2.45, 2.75) is 39.5 Å². The maximum Gasteiger partial charge on any atom is 0.229 e. The molecule has 0 atom stereocenters. The standard InChI is InChI=1S/C28H26FN3O/c1-17(2)13-25-28(31-24-12-9-21-16-22(29)10-11-23(21)27(24)30-25)32-26(33)15-18-7-8-19-5-3-4-6-20(19)14-18/h3-8,10-11,14,16-17H,9,12-13,15H2,1-2H3,(H,31,32,33). The number of nitrogens with zero attached hydrogens (tertiary/aromatic N) is 2. The van der Waals surface area contributed by atoms with E-state index in [1.165, 1.54) is 6.07 Å². The fourth-order valence-corrected chi connectivity index (χ4v) is 4.49. The molecule has 1 heterocycles. The van der Waals surface area contributed by atoms with Crippen molar-refractivity contribution in [3.05, 3.63) is 89.0 Å². The minimum Gasteiger partial charge on any atom is -0.309 e. The van der Waals surface area contributed by atoms with Crippen molar-refractivity contribution >= 4 is 22.5 Å². The van der Waals surface area contributed by atoms with Crippen LogP contribution in [0.3, 0.4) is 0 Å². The lowest BCUT2D eigenvalue weighted by Crippen LogP contribution is -2.20. The van der Waals surface area contributed by atoms with Crippen LogP contribution in [0.25, 0.3) is 22.0 Å². The number of hydrogen-bond donors (Lipinski definition) is 1. The number of aryl methyl sites for hydroxylation is 2. The van der Waals surface area contributed by atoms with Gasteiger partial charge in [0, 0.05) is 5.56 Å². The molecule has 0 unspecified atom stereocenters. The maximum atomic E-state index is 13.7. The normalized spacial score (nSPS) is 12.5. The first-order valence-electron chi connectivity index (χ1n) is 11.4. The van der Waals surface area contributed by atoms with E-state index in [9.17, 15) is 9.18 Å². The summed E-state index contributed by atoms with van der Waals surface area (Å²) in [6.45, 7) is 4.23. The molecule has 4 aromatic rings. The lowest BCUT2D eigenvalue weighted by atomic mass is 9.91. The van der Waals surface area contributed by atoms with Gasteiger partial charge in [-0.1, -0.05) is 56.3 Å². The molecule has 0 spiro atoms. The second kappa shape index (κ2) is 8.74. The summed E-state index contributed by atoms with van der Waals surface area (Å²) in [5.74, 6) is 0.552. The summed E-state index contributed by atoms with van der Waals surface area (Å²) in [6.07, 6.45) is 2.35. The molecule has 5 rings (SSSR count). The van der Waals surface area contributed by atoms with Gasteiger partial charge in [-0.15, -0.1) is 0 Å². The molecule has 0 radical (unpaired) electrons. The summed E-state index contributed by atoms with van der Waals surface area (Å²) in [6, 6.07) is 19.1. The largest absolute Gasteiger partial charge is 0.309 e. The topological polar surface area (TPSA) is 54.9 Å². The third kappa shape index (κ3) is 4.49. The van der Waals surface area contributed by atoms with Crippen molar-refractivity contribution in [1.29, 1.82) is 0 Å². The molecular formula is C28H26FN3O. The number of hydrogen-bond acceptors (Lipinski definition) is 3. The van der Waals surface area contributed by atoms with Crippen LogP contribution in [0.5, 0.6) is 0 Å². The molecule has 0 saturated heterocycles. The Morgan fingerprint density at radius 2 is 1.82 bits per heavy atom. The first kappa shape index (κ1) is 21.3. The van der Waals surface area contributed by atoms with E-state index < -0.39 is 0 Å². The fraction of sp³-hybridized carbons (Fsp3) is 0.250. The lowest BCUT2D eigenvalue weighted by Gasteiger charge is -2.21. The Kier molecular flexibility index (Phi) is 5.63. The number of anilines is 1. The van der Waals surface area contributed by atoms with Gasteiger partial charge in [-0.3, -0.25) is 4.79 Å². The zero-order valence-corrected chi connectivity index (χ0v) is 18.9. The van der Waals surface area contributed by atoms with Crippen LogP contribution in [-0.2, 0) is 30.5 Å². The molecule has 1 N–H and O–H groups in total. The number of amides is 1. The lowest BCUT2D eigenvalue weighted by molar-refractivity contribution is -0.115. The fourth-order valence-electron chi connectivity index (χ4n) is 4.49. The van der Waals surface area contributed by atoms with E-state index in [-0.39, 0.29) is 18.1 Å². The molecule has 0 saturated carbocycles. The summed E-state index contributed by atoms with van der Waals surface area (Å²) in [5.41, 5.74) is 5.28. The predicted octanol–water partition coefficient (Wildman–Crippen LogP) is 5.91. The molecule has 1 amide bonds. The molecule has 1 aromatic heterocycles. The third-order valence-electron chi connectivity index (χ3n) is 6.03. The molecule has 1 aliphatic carbocycles. The van der Waals surface area contributed by atoms with Crippen molar-refractivity contribution < 1.29 is 9.18 Å². The van der Waals surface area contributed by atoms with Gasteiger partial charge in [0.1, 0.15) is 5.82 Å². The van der Waals surface area contributed by atoms with Crippen molar-refractivity contribution in [2.75, 3.05) is 5.32 Å². The van der Waals surface area contributed by atoms with E-state index in [2.05, 4.69) is 37.4 Å². The number of fused-ring (bicyclic) bond motifs is 4. The SMILES string of the molecule is CC(C)Cc1nc2c(nc1NC(=O)Cc1ccc3ccccc3c1)CCc1cc(F)ccc1-2. The van der Waals surface area contributed by atoms with Crippen LogP contribution in [0.15, 0.2) is 60.7 Å². The summed E-state index contributed by atoms with van der Waals surface area (Å²) in [4.78, 5) is 22.7. The van der Waals surface area contributed by atoms with Crippen molar-refractivity contribution in [1.82, 2.24) is 9.97 Å². The molecule has 166 valence electrons. The first-order chi connectivity index (χ1) is 16.0. The number of rotatable bonds is 5. The van der Waals surface area contributed by atoms with Crippen LogP contribution in [-0.4, -0.2) is 15.9 Å².